The van der Waals surface area contributed by atoms with Crippen molar-refractivity contribution in [1.29, 1.82) is 0 Å². The minimum atomic E-state index is -4.08. The van der Waals surface area contributed by atoms with Crippen molar-refractivity contribution in [3.63, 3.8) is 0 Å². The zero-order valence-electron chi connectivity index (χ0n) is 12.7. The van der Waals surface area contributed by atoms with E-state index in [0.29, 0.717) is 13.1 Å². The van der Waals surface area contributed by atoms with Gasteiger partial charge in [0.05, 0.1) is 4.90 Å². The first kappa shape index (κ1) is 17.6. The van der Waals surface area contributed by atoms with Crippen LogP contribution in [0.4, 0.5) is 4.39 Å². The lowest BCUT2D eigenvalue weighted by molar-refractivity contribution is 0.0745. The van der Waals surface area contributed by atoms with Gasteiger partial charge in [-0.3, -0.25) is 4.79 Å². The lowest BCUT2D eigenvalue weighted by Crippen LogP contribution is -2.34. The van der Waals surface area contributed by atoms with Crippen LogP contribution in [-0.4, -0.2) is 32.3 Å². The number of rotatable bonds is 5. The van der Waals surface area contributed by atoms with Gasteiger partial charge in [-0.1, -0.05) is 13.8 Å². The first-order valence-electron chi connectivity index (χ1n) is 6.70. The van der Waals surface area contributed by atoms with Crippen molar-refractivity contribution >= 4 is 15.9 Å². The molecule has 0 aliphatic carbocycles. The molecule has 0 aromatic heterocycles. The van der Waals surface area contributed by atoms with Crippen LogP contribution in [0.15, 0.2) is 17.0 Å². The summed E-state index contributed by atoms with van der Waals surface area (Å²) in [5, 5.41) is 5.07. The summed E-state index contributed by atoms with van der Waals surface area (Å²) in [6, 6.07) is 2.19. The number of nitrogens with zero attached hydrogens (tertiary/aromatic N) is 1. The predicted molar refractivity (Wildman–Crippen MR) is 78.9 cm³/mol. The molecule has 1 aromatic rings. The zero-order chi connectivity index (χ0) is 16.4. The van der Waals surface area contributed by atoms with Gasteiger partial charge in [0.1, 0.15) is 5.82 Å². The van der Waals surface area contributed by atoms with E-state index in [1.54, 1.807) is 4.90 Å². The predicted octanol–water partition coefficient (Wildman–Crippen LogP) is 1.90. The van der Waals surface area contributed by atoms with Gasteiger partial charge in [-0.05, 0) is 31.9 Å². The molecule has 1 amide bonds. The van der Waals surface area contributed by atoms with Gasteiger partial charge in [0, 0.05) is 24.2 Å². The van der Waals surface area contributed by atoms with Gasteiger partial charge in [0.25, 0.3) is 5.91 Å². The third-order valence-electron chi connectivity index (χ3n) is 3.10. The second-order valence-electron chi connectivity index (χ2n) is 5.36. The summed E-state index contributed by atoms with van der Waals surface area (Å²) in [5.74, 6) is -0.914. The van der Waals surface area contributed by atoms with Crippen LogP contribution >= 0.6 is 0 Å². The second-order valence-corrected chi connectivity index (χ2v) is 6.89. The molecule has 7 heteroatoms. The highest BCUT2D eigenvalue weighted by Crippen LogP contribution is 2.21. The molecule has 2 N–H and O–H groups in total. The molecule has 0 saturated carbocycles. The summed E-state index contributed by atoms with van der Waals surface area (Å²) in [4.78, 5) is 13.6. The molecule has 21 heavy (non-hydrogen) atoms. The number of hydrogen-bond donors (Lipinski definition) is 1. The van der Waals surface area contributed by atoms with Gasteiger partial charge < -0.3 is 4.90 Å². The third kappa shape index (κ3) is 4.25. The Kier molecular flexibility index (Phi) is 5.47. The SMILES string of the molecule is CCN(CC(C)C)C(=O)c1cc(F)c(C)c(S(N)(=O)=O)c1. The van der Waals surface area contributed by atoms with Crippen molar-refractivity contribution in [3.05, 3.63) is 29.1 Å². The highest BCUT2D eigenvalue weighted by atomic mass is 32.2. The molecule has 118 valence electrons. The minimum absolute atomic E-state index is 0.00961. The fraction of sp³-hybridized carbons (Fsp3) is 0.500. The van der Waals surface area contributed by atoms with Crippen LogP contribution in [0.3, 0.4) is 0 Å². The topological polar surface area (TPSA) is 80.5 Å². The molecule has 0 radical (unpaired) electrons. The number of hydrogen-bond acceptors (Lipinski definition) is 3. The number of amides is 1. The summed E-state index contributed by atoms with van der Waals surface area (Å²) in [6.45, 7) is 8.01. The van der Waals surface area contributed by atoms with E-state index in [2.05, 4.69) is 0 Å². The molecule has 0 saturated heterocycles. The van der Waals surface area contributed by atoms with Crippen LogP contribution < -0.4 is 5.14 Å². The van der Waals surface area contributed by atoms with E-state index < -0.39 is 21.7 Å². The van der Waals surface area contributed by atoms with Crippen molar-refractivity contribution in [2.24, 2.45) is 11.1 Å². The van der Waals surface area contributed by atoms with Crippen molar-refractivity contribution in [3.8, 4) is 0 Å². The van der Waals surface area contributed by atoms with Crippen molar-refractivity contribution < 1.29 is 17.6 Å². The minimum Gasteiger partial charge on any atom is -0.339 e. The maximum atomic E-state index is 13.9. The molecule has 0 unspecified atom stereocenters. The van der Waals surface area contributed by atoms with Gasteiger partial charge in [-0.15, -0.1) is 0 Å². The molecule has 0 atom stereocenters. The van der Waals surface area contributed by atoms with Crippen LogP contribution in [0.2, 0.25) is 0 Å². The largest absolute Gasteiger partial charge is 0.339 e. The number of primary sulfonamides is 1. The summed E-state index contributed by atoms with van der Waals surface area (Å²) in [7, 11) is -4.08. The van der Waals surface area contributed by atoms with Crippen molar-refractivity contribution in [1.82, 2.24) is 4.90 Å². The van der Waals surface area contributed by atoms with Crippen LogP contribution in [-0.2, 0) is 10.0 Å². The van der Waals surface area contributed by atoms with Crippen LogP contribution in [0, 0.1) is 18.7 Å². The van der Waals surface area contributed by atoms with Gasteiger partial charge >= 0.3 is 0 Å². The molecular formula is C14H21FN2O3S. The van der Waals surface area contributed by atoms with Crippen LogP contribution in [0.5, 0.6) is 0 Å². The summed E-state index contributed by atoms with van der Waals surface area (Å²) >= 11 is 0. The fourth-order valence-electron chi connectivity index (χ4n) is 2.05. The zero-order valence-corrected chi connectivity index (χ0v) is 13.5. The Morgan fingerprint density at radius 2 is 1.95 bits per heavy atom. The normalized spacial score (nSPS) is 11.8. The molecule has 5 nitrogen and oxygen atoms in total. The number of sulfonamides is 1. The smallest absolute Gasteiger partial charge is 0.253 e. The molecule has 0 bridgehead atoms. The Balaban J connectivity index is 3.31. The first-order valence-corrected chi connectivity index (χ1v) is 8.24. The summed E-state index contributed by atoms with van der Waals surface area (Å²) < 4.78 is 36.8. The molecule has 1 aromatic carbocycles. The molecule has 0 spiro atoms. The number of benzene rings is 1. The fourth-order valence-corrected chi connectivity index (χ4v) is 2.87. The molecule has 1 rings (SSSR count). The standard InChI is InChI=1S/C14H21FN2O3S/c1-5-17(8-9(2)3)14(18)11-6-12(15)10(4)13(7-11)21(16,19)20/h6-7,9H,5,8H2,1-4H3,(H2,16,19,20). The van der Waals surface area contributed by atoms with Crippen molar-refractivity contribution in [2.75, 3.05) is 13.1 Å². The quantitative estimate of drug-likeness (QED) is 0.901. The summed E-state index contributed by atoms with van der Waals surface area (Å²) in [5.41, 5.74) is -0.0921. The highest BCUT2D eigenvalue weighted by Gasteiger charge is 2.22. The van der Waals surface area contributed by atoms with E-state index in [9.17, 15) is 17.6 Å². The number of carbonyl (C=O) groups excluding carboxylic acids is 1. The Morgan fingerprint density at radius 1 is 1.38 bits per heavy atom. The monoisotopic (exact) mass is 316 g/mol. The van der Waals surface area contributed by atoms with Gasteiger partial charge in [0.15, 0.2) is 0 Å². The molecule has 0 fully saturated rings. The Hall–Kier alpha value is -1.47. The average molecular weight is 316 g/mol. The summed E-state index contributed by atoms with van der Waals surface area (Å²) in [6.07, 6.45) is 0. The van der Waals surface area contributed by atoms with E-state index in [-0.39, 0.29) is 21.9 Å². The molecule has 0 aliphatic rings. The number of nitrogens with two attached hydrogens (primary N) is 1. The Bertz CT molecular complexity index is 642. The van der Waals surface area contributed by atoms with E-state index >= 15 is 0 Å². The number of carbonyl (C=O) groups is 1. The van der Waals surface area contributed by atoms with Crippen molar-refractivity contribution in [2.45, 2.75) is 32.6 Å². The maximum absolute atomic E-state index is 13.9. The third-order valence-corrected chi connectivity index (χ3v) is 4.14. The van der Waals surface area contributed by atoms with E-state index in [1.165, 1.54) is 6.92 Å². The number of halogens is 1. The van der Waals surface area contributed by atoms with Gasteiger partial charge in [-0.2, -0.15) is 0 Å². The second kappa shape index (κ2) is 6.53. The van der Waals surface area contributed by atoms with Gasteiger partial charge in [-0.25, -0.2) is 17.9 Å². The van der Waals surface area contributed by atoms with E-state index in [4.69, 9.17) is 5.14 Å². The van der Waals surface area contributed by atoms with E-state index in [0.717, 1.165) is 12.1 Å². The average Bonchev–Trinajstić information content (AvgIpc) is 2.36. The van der Waals surface area contributed by atoms with Crippen LogP contribution in [0.25, 0.3) is 0 Å². The molecule has 0 heterocycles. The van der Waals surface area contributed by atoms with Crippen LogP contribution in [0.1, 0.15) is 36.7 Å². The van der Waals surface area contributed by atoms with E-state index in [1.807, 2.05) is 20.8 Å². The molecule has 0 aliphatic heterocycles. The first-order chi connectivity index (χ1) is 9.57. The Labute approximate surface area is 125 Å². The lowest BCUT2D eigenvalue weighted by Gasteiger charge is -2.23. The van der Waals surface area contributed by atoms with Gasteiger partial charge in [0.2, 0.25) is 10.0 Å². The molecular weight excluding hydrogens is 295 g/mol. The highest BCUT2D eigenvalue weighted by molar-refractivity contribution is 7.89. The Morgan fingerprint density at radius 3 is 2.38 bits per heavy atom. The lowest BCUT2D eigenvalue weighted by atomic mass is 10.1. The maximum Gasteiger partial charge on any atom is 0.253 e.